The number of phenols is 1. The van der Waals surface area contributed by atoms with Crippen LogP contribution >= 0.6 is 0 Å². The maximum absolute atomic E-state index is 12.7. The van der Waals surface area contributed by atoms with Gasteiger partial charge in [-0.2, -0.15) is 0 Å². The maximum Gasteiger partial charge on any atom is 0.149 e. The molecule has 0 saturated heterocycles. The highest BCUT2D eigenvalue weighted by Gasteiger charge is 2.29. The van der Waals surface area contributed by atoms with E-state index in [0.29, 0.717) is 22.6 Å². The molecule has 0 bridgehead atoms. The lowest BCUT2D eigenvalue weighted by Gasteiger charge is -2.27. The first-order valence-electron chi connectivity index (χ1n) is 26.5. The van der Waals surface area contributed by atoms with Crippen LogP contribution in [-0.4, -0.2) is 19.6 Å². The molecule has 8 aromatic carbocycles. The molecule has 0 fully saturated rings. The minimum Gasteiger partial charge on any atom is -0.507 e. The summed E-state index contributed by atoms with van der Waals surface area (Å²) in [4.78, 5) is 10.5. The number of nitrogens with zero attached hydrogens (tertiary/aromatic N) is 3. The van der Waals surface area contributed by atoms with Crippen LogP contribution in [0, 0.1) is 0 Å². The van der Waals surface area contributed by atoms with Gasteiger partial charge in [-0.25, -0.2) is 4.98 Å². The molecule has 4 heteroatoms. The van der Waals surface area contributed by atoms with Crippen LogP contribution in [0.2, 0.25) is 0 Å². The van der Waals surface area contributed by atoms with Crippen molar-refractivity contribution in [2.24, 2.45) is 0 Å². The van der Waals surface area contributed by atoms with E-state index in [2.05, 4.69) is 194 Å². The minimum atomic E-state index is -0.440. The molecule has 2 heterocycles. The zero-order valence-electron chi connectivity index (χ0n) is 46.5. The summed E-state index contributed by atoms with van der Waals surface area (Å²) in [6, 6.07) is 54.6. The van der Waals surface area contributed by atoms with Gasteiger partial charge in [0.05, 0.1) is 34.8 Å². The summed E-state index contributed by atoms with van der Waals surface area (Å²) in [6.07, 6.45) is 1.62. The summed E-state index contributed by atoms with van der Waals surface area (Å²) in [5.74, 6) is 0.780. The Hall–Kier alpha value is -7.82. The molecular formula is C66H61N3O. The van der Waals surface area contributed by atoms with Gasteiger partial charge in [0.15, 0.2) is 0 Å². The number of pyridine rings is 1. The van der Waals surface area contributed by atoms with E-state index in [1.54, 1.807) is 18.3 Å². The van der Waals surface area contributed by atoms with Crippen molar-refractivity contribution in [3.8, 4) is 89.7 Å². The molecule has 70 heavy (non-hydrogen) atoms. The van der Waals surface area contributed by atoms with E-state index in [9.17, 15) is 5.11 Å². The van der Waals surface area contributed by atoms with Crippen molar-refractivity contribution < 1.29 is 12.0 Å². The number of aromatic nitrogens is 3. The average Bonchev–Trinajstić information content (AvgIpc) is 3.80. The first-order valence-corrected chi connectivity index (χ1v) is 24.0. The smallest absolute Gasteiger partial charge is 0.149 e. The van der Waals surface area contributed by atoms with Crippen molar-refractivity contribution in [3.05, 3.63) is 217 Å². The highest BCUT2D eigenvalue weighted by Crippen LogP contribution is 2.46. The monoisotopic (exact) mass is 917 g/mol. The number of hydrogen-bond acceptors (Lipinski definition) is 3. The van der Waals surface area contributed by atoms with Crippen LogP contribution in [0.5, 0.6) is 5.75 Å². The molecule has 0 radical (unpaired) electrons. The van der Waals surface area contributed by atoms with Crippen LogP contribution in [-0.2, 0) is 16.2 Å². The van der Waals surface area contributed by atoms with E-state index in [4.69, 9.17) is 16.8 Å². The van der Waals surface area contributed by atoms with Crippen LogP contribution in [0.15, 0.2) is 200 Å². The Kier molecular flexibility index (Phi) is 10.3. The van der Waals surface area contributed by atoms with Gasteiger partial charge in [-0.1, -0.05) is 202 Å². The summed E-state index contributed by atoms with van der Waals surface area (Å²) in [5, 5.41) is 12.7. The van der Waals surface area contributed by atoms with E-state index in [1.165, 1.54) is 5.56 Å². The molecule has 0 unspecified atom stereocenters. The van der Waals surface area contributed by atoms with Crippen LogP contribution in [0.4, 0.5) is 0 Å². The molecule has 0 aliphatic rings. The number of rotatable bonds is 8. The molecule has 0 aliphatic carbocycles. The molecule has 346 valence electrons. The van der Waals surface area contributed by atoms with Crippen LogP contribution in [0.25, 0.3) is 95.0 Å². The lowest BCUT2D eigenvalue weighted by molar-refractivity contribution is 0.446. The zero-order valence-corrected chi connectivity index (χ0v) is 41.5. The fourth-order valence-corrected chi connectivity index (χ4v) is 9.36. The largest absolute Gasteiger partial charge is 0.507 e. The Balaban J connectivity index is 1.26. The van der Waals surface area contributed by atoms with Gasteiger partial charge in [-0.15, -0.1) is 0 Å². The minimum absolute atomic E-state index is 0.0157. The van der Waals surface area contributed by atoms with E-state index < -0.39 is 23.5 Å². The van der Waals surface area contributed by atoms with E-state index >= 15 is 0 Å². The van der Waals surface area contributed by atoms with Gasteiger partial charge in [0.25, 0.3) is 0 Å². The molecule has 1 N–H and O–H groups in total. The summed E-state index contributed by atoms with van der Waals surface area (Å²) in [5.41, 5.74) is 15.4. The van der Waals surface area contributed by atoms with Crippen molar-refractivity contribution >= 4 is 11.0 Å². The third-order valence-electron chi connectivity index (χ3n) is 13.3. The van der Waals surface area contributed by atoms with Gasteiger partial charge in [0, 0.05) is 28.5 Å². The lowest BCUT2D eigenvalue weighted by atomic mass is 9.79. The van der Waals surface area contributed by atoms with Gasteiger partial charge in [0.2, 0.25) is 0 Å². The Morgan fingerprint density at radius 2 is 1.06 bits per heavy atom. The number of imidazole rings is 1. The molecule has 0 saturated carbocycles. The Morgan fingerprint density at radius 1 is 0.443 bits per heavy atom. The summed E-state index contributed by atoms with van der Waals surface area (Å²) in [6.45, 7) is 19.7. The first-order chi connectivity index (χ1) is 35.6. The van der Waals surface area contributed by atoms with Gasteiger partial charge in [0.1, 0.15) is 11.6 Å². The normalized spacial score (nSPS) is 13.1. The molecule has 10 aromatic rings. The third-order valence-corrected chi connectivity index (χ3v) is 13.3. The Morgan fingerprint density at radius 3 is 1.73 bits per heavy atom. The Labute approximate surface area is 421 Å². The van der Waals surface area contributed by atoms with Crippen molar-refractivity contribution in [1.82, 2.24) is 14.5 Å². The standard InChI is InChI=1S/C66H61N3O/c1-64(2,3)52-31-28-45(29-32-52)47-30-33-59(55(39-47)46-24-17-12-18-25-46)69-60-27-19-26-54(61(60)68-63(69)56-41-53(65(4,5)6)42-57(62(56)70)66(7,8)9)50-36-49(44-22-15-11-16-23-44)37-51(38-50)58-40-48(34-35-67-58)43-20-13-10-14-21-43/h10-42,70H,1-9H3/i10D,13D,14D,20D,21D. The van der Waals surface area contributed by atoms with E-state index in [-0.39, 0.29) is 34.2 Å². The first kappa shape index (κ1) is 40.1. The summed E-state index contributed by atoms with van der Waals surface area (Å²) >= 11 is 0. The molecular weight excluding hydrogens is 851 g/mol. The van der Waals surface area contributed by atoms with Gasteiger partial charge in [-0.3, -0.25) is 9.55 Å². The van der Waals surface area contributed by atoms with E-state index in [0.717, 1.165) is 77.9 Å². The number of hydrogen-bond donors (Lipinski definition) is 1. The Bertz CT molecular complexity index is 3800. The fourth-order valence-electron chi connectivity index (χ4n) is 9.36. The highest BCUT2D eigenvalue weighted by atomic mass is 16.3. The summed E-state index contributed by atoms with van der Waals surface area (Å²) < 4.78 is 44.8. The molecule has 2 aromatic heterocycles. The molecule has 0 atom stereocenters. The fraction of sp³-hybridized carbons (Fsp3) is 0.182. The van der Waals surface area contributed by atoms with Gasteiger partial charge < -0.3 is 5.11 Å². The van der Waals surface area contributed by atoms with Gasteiger partial charge in [-0.05, 0) is 126 Å². The van der Waals surface area contributed by atoms with Gasteiger partial charge >= 0.3 is 0 Å². The number of para-hydroxylation sites is 1. The SMILES string of the molecule is [2H]c1c([2H])c([2H])c(-c2ccnc(-c3cc(-c4ccccc4)cc(-c4cccc5c4nc(-c4cc(C(C)(C)C)cc(C(C)(C)C)c4O)n5-c4ccc(-c5ccc(C(C)(C)C)cc5)cc4-c4ccccc4)c3)c2)c([2H])c1[2H]. The van der Waals surface area contributed by atoms with Crippen LogP contribution < -0.4 is 0 Å². The van der Waals surface area contributed by atoms with Crippen LogP contribution in [0.1, 0.15) is 85.9 Å². The predicted octanol–water partition coefficient (Wildman–Crippen LogP) is 17.7. The third kappa shape index (κ3) is 8.98. The van der Waals surface area contributed by atoms with E-state index in [1.807, 2.05) is 24.3 Å². The highest BCUT2D eigenvalue weighted by molar-refractivity contribution is 5.99. The van der Waals surface area contributed by atoms with Crippen molar-refractivity contribution in [3.63, 3.8) is 0 Å². The molecule has 0 spiro atoms. The molecule has 4 nitrogen and oxygen atoms in total. The second-order valence-electron chi connectivity index (χ2n) is 21.4. The quantitative estimate of drug-likeness (QED) is 0.165. The summed E-state index contributed by atoms with van der Waals surface area (Å²) in [7, 11) is 0. The molecule has 0 amide bonds. The average molecular weight is 917 g/mol. The number of fused-ring (bicyclic) bond motifs is 1. The second kappa shape index (κ2) is 17.9. The van der Waals surface area contributed by atoms with Crippen LogP contribution in [0.3, 0.4) is 0 Å². The number of benzene rings is 8. The second-order valence-corrected chi connectivity index (χ2v) is 21.4. The predicted molar refractivity (Wildman–Crippen MR) is 295 cm³/mol. The van der Waals surface area contributed by atoms with Crippen molar-refractivity contribution in [2.45, 2.75) is 78.6 Å². The van der Waals surface area contributed by atoms with Crippen molar-refractivity contribution in [2.75, 3.05) is 0 Å². The van der Waals surface area contributed by atoms with Crippen molar-refractivity contribution in [1.29, 1.82) is 0 Å². The zero-order chi connectivity index (χ0) is 53.3. The number of phenolic OH excluding ortho intramolecular Hbond substituents is 1. The molecule has 0 aliphatic heterocycles. The molecule has 10 rings (SSSR count). The maximum atomic E-state index is 12.7. The topological polar surface area (TPSA) is 50.9 Å². The lowest BCUT2D eigenvalue weighted by Crippen LogP contribution is -2.17. The number of aromatic hydroxyl groups is 1.